The summed E-state index contributed by atoms with van der Waals surface area (Å²) in [5.41, 5.74) is 6.70. The minimum atomic E-state index is -0.0961. The lowest BCUT2D eigenvalue weighted by Gasteiger charge is -2.30. The van der Waals surface area contributed by atoms with E-state index < -0.39 is 0 Å². The second kappa shape index (κ2) is 6.46. The summed E-state index contributed by atoms with van der Waals surface area (Å²) >= 11 is 11.9. The molecule has 0 aromatic heterocycles. The number of nitrogens with two attached hydrogens (primary N) is 1. The quantitative estimate of drug-likeness (QED) is 0.882. The molecule has 2 rings (SSSR count). The van der Waals surface area contributed by atoms with Crippen LogP contribution in [0.25, 0.3) is 0 Å². The van der Waals surface area contributed by atoms with Gasteiger partial charge in [-0.1, -0.05) is 29.3 Å². The van der Waals surface area contributed by atoms with Gasteiger partial charge < -0.3 is 16.0 Å². The number of carbonyl (C=O) groups excluding carboxylic acids is 1. The van der Waals surface area contributed by atoms with Crippen molar-refractivity contribution in [2.45, 2.75) is 25.4 Å². The Morgan fingerprint density at radius 3 is 2.95 bits per heavy atom. The molecule has 0 radical (unpaired) electrons. The summed E-state index contributed by atoms with van der Waals surface area (Å²) < 4.78 is 0. The number of carbonyl (C=O) groups is 1. The Morgan fingerprint density at radius 1 is 1.47 bits per heavy atom. The van der Waals surface area contributed by atoms with Crippen molar-refractivity contribution in [2.24, 2.45) is 5.73 Å². The normalized spacial score (nSPS) is 19.3. The predicted molar refractivity (Wildman–Crippen MR) is 77.5 cm³/mol. The first-order valence-electron chi connectivity index (χ1n) is 6.28. The van der Waals surface area contributed by atoms with Gasteiger partial charge in [0.1, 0.15) is 0 Å². The van der Waals surface area contributed by atoms with Crippen molar-refractivity contribution in [1.82, 2.24) is 10.2 Å². The maximum Gasteiger partial charge on any atom is 0.317 e. The Balaban J connectivity index is 1.89. The molecule has 1 aromatic rings. The van der Waals surface area contributed by atoms with Gasteiger partial charge in [-0.2, -0.15) is 0 Å². The molecule has 1 atom stereocenters. The van der Waals surface area contributed by atoms with Crippen molar-refractivity contribution < 1.29 is 4.79 Å². The molecule has 1 aliphatic heterocycles. The summed E-state index contributed by atoms with van der Waals surface area (Å²) in [6.45, 7) is 1.76. The van der Waals surface area contributed by atoms with Crippen LogP contribution < -0.4 is 11.1 Å². The third-order valence-corrected chi connectivity index (χ3v) is 3.78. The molecular formula is C13H17Cl2N3O. The number of piperidine rings is 1. The molecule has 0 aliphatic carbocycles. The minimum absolute atomic E-state index is 0.0821. The van der Waals surface area contributed by atoms with E-state index in [9.17, 15) is 4.79 Å². The fourth-order valence-corrected chi connectivity index (χ4v) is 2.62. The van der Waals surface area contributed by atoms with Crippen LogP contribution in [0, 0.1) is 0 Å². The van der Waals surface area contributed by atoms with Crippen molar-refractivity contribution in [3.63, 3.8) is 0 Å². The van der Waals surface area contributed by atoms with E-state index in [1.54, 1.807) is 17.0 Å². The van der Waals surface area contributed by atoms with Crippen molar-refractivity contribution in [3.8, 4) is 0 Å². The molecule has 104 valence electrons. The molecule has 0 bridgehead atoms. The van der Waals surface area contributed by atoms with Gasteiger partial charge in [0, 0.05) is 35.7 Å². The van der Waals surface area contributed by atoms with Gasteiger partial charge in [-0.25, -0.2) is 4.79 Å². The Labute approximate surface area is 122 Å². The van der Waals surface area contributed by atoms with Crippen molar-refractivity contribution in [3.05, 3.63) is 33.8 Å². The Kier molecular flexibility index (Phi) is 4.91. The second-order valence-corrected chi connectivity index (χ2v) is 5.59. The zero-order valence-corrected chi connectivity index (χ0v) is 12.0. The molecule has 1 heterocycles. The highest BCUT2D eigenvalue weighted by Gasteiger charge is 2.20. The average Bonchev–Trinajstić information content (AvgIpc) is 2.37. The van der Waals surface area contributed by atoms with Crippen LogP contribution >= 0.6 is 23.2 Å². The van der Waals surface area contributed by atoms with Crippen LogP contribution in [-0.4, -0.2) is 30.1 Å². The van der Waals surface area contributed by atoms with Gasteiger partial charge in [0.25, 0.3) is 0 Å². The maximum absolute atomic E-state index is 12.0. The number of nitrogens with zero attached hydrogens (tertiary/aromatic N) is 1. The van der Waals surface area contributed by atoms with E-state index in [0.717, 1.165) is 24.9 Å². The Bertz CT molecular complexity index is 467. The zero-order valence-electron chi connectivity index (χ0n) is 10.5. The highest BCUT2D eigenvalue weighted by Crippen LogP contribution is 2.20. The third kappa shape index (κ3) is 4.00. The molecule has 1 aromatic carbocycles. The number of hydrogen-bond acceptors (Lipinski definition) is 2. The number of urea groups is 1. The van der Waals surface area contributed by atoms with E-state index in [1.807, 2.05) is 6.07 Å². The van der Waals surface area contributed by atoms with E-state index in [4.69, 9.17) is 28.9 Å². The number of rotatable bonds is 2. The minimum Gasteiger partial charge on any atom is -0.334 e. The first kappa shape index (κ1) is 14.4. The van der Waals surface area contributed by atoms with Gasteiger partial charge in [0.2, 0.25) is 0 Å². The Hall–Kier alpha value is -0.970. The highest BCUT2D eigenvalue weighted by molar-refractivity contribution is 6.35. The SMILES string of the molecule is NC1CCCN(C(=O)NCc2ccc(Cl)cc2Cl)C1. The summed E-state index contributed by atoms with van der Waals surface area (Å²) in [6.07, 6.45) is 1.93. The maximum atomic E-state index is 12.0. The molecule has 1 fully saturated rings. The lowest BCUT2D eigenvalue weighted by atomic mass is 10.1. The molecule has 0 spiro atoms. The first-order chi connectivity index (χ1) is 9.06. The lowest BCUT2D eigenvalue weighted by molar-refractivity contribution is 0.179. The summed E-state index contributed by atoms with van der Waals surface area (Å²) in [4.78, 5) is 13.7. The fraction of sp³-hybridized carbons (Fsp3) is 0.462. The van der Waals surface area contributed by atoms with Crippen LogP contribution in [0.5, 0.6) is 0 Å². The molecule has 1 unspecified atom stereocenters. The fourth-order valence-electron chi connectivity index (χ4n) is 2.14. The van der Waals surface area contributed by atoms with E-state index in [1.165, 1.54) is 0 Å². The smallest absolute Gasteiger partial charge is 0.317 e. The van der Waals surface area contributed by atoms with Gasteiger partial charge in [-0.3, -0.25) is 0 Å². The summed E-state index contributed by atoms with van der Waals surface area (Å²) in [7, 11) is 0. The topological polar surface area (TPSA) is 58.4 Å². The van der Waals surface area contributed by atoms with Crippen LogP contribution in [0.1, 0.15) is 18.4 Å². The van der Waals surface area contributed by atoms with Crippen molar-refractivity contribution >= 4 is 29.2 Å². The number of nitrogens with one attached hydrogen (secondary N) is 1. The van der Waals surface area contributed by atoms with E-state index in [2.05, 4.69) is 5.32 Å². The van der Waals surface area contributed by atoms with Crippen molar-refractivity contribution in [2.75, 3.05) is 13.1 Å². The largest absolute Gasteiger partial charge is 0.334 e. The van der Waals surface area contributed by atoms with Crippen LogP contribution in [0.4, 0.5) is 4.79 Å². The molecule has 19 heavy (non-hydrogen) atoms. The van der Waals surface area contributed by atoms with Gasteiger partial charge in [-0.15, -0.1) is 0 Å². The zero-order chi connectivity index (χ0) is 13.8. The molecule has 2 amide bonds. The summed E-state index contributed by atoms with van der Waals surface area (Å²) in [5, 5.41) is 4.00. The number of likely N-dealkylation sites (tertiary alicyclic amines) is 1. The molecule has 1 saturated heterocycles. The molecule has 4 nitrogen and oxygen atoms in total. The molecule has 1 aliphatic rings. The van der Waals surface area contributed by atoms with E-state index in [-0.39, 0.29) is 12.1 Å². The summed E-state index contributed by atoms with van der Waals surface area (Å²) in [6, 6.07) is 5.22. The number of hydrogen-bond donors (Lipinski definition) is 2. The molecular weight excluding hydrogens is 285 g/mol. The molecule has 3 N–H and O–H groups in total. The van der Waals surface area contributed by atoms with Crippen LogP contribution in [0.2, 0.25) is 10.0 Å². The number of halogens is 2. The van der Waals surface area contributed by atoms with Gasteiger partial charge in [0.05, 0.1) is 0 Å². The monoisotopic (exact) mass is 301 g/mol. The second-order valence-electron chi connectivity index (χ2n) is 4.74. The lowest BCUT2D eigenvalue weighted by Crippen LogP contribution is -2.49. The standard InChI is InChI=1S/C13H17Cl2N3O/c14-10-4-3-9(12(15)6-10)7-17-13(19)18-5-1-2-11(16)8-18/h3-4,6,11H,1-2,5,7-8,16H2,(H,17,19). The predicted octanol–water partition coefficient (Wildman–Crippen LogP) is 2.63. The highest BCUT2D eigenvalue weighted by atomic mass is 35.5. The van der Waals surface area contributed by atoms with E-state index >= 15 is 0 Å². The number of amides is 2. The van der Waals surface area contributed by atoms with Gasteiger partial charge in [-0.05, 0) is 30.5 Å². The van der Waals surface area contributed by atoms with Crippen LogP contribution in [0.15, 0.2) is 18.2 Å². The van der Waals surface area contributed by atoms with Crippen molar-refractivity contribution in [1.29, 1.82) is 0 Å². The van der Waals surface area contributed by atoms with Gasteiger partial charge >= 0.3 is 6.03 Å². The van der Waals surface area contributed by atoms with E-state index in [0.29, 0.717) is 23.1 Å². The third-order valence-electron chi connectivity index (χ3n) is 3.19. The molecule has 6 heteroatoms. The number of benzene rings is 1. The Morgan fingerprint density at radius 2 is 2.26 bits per heavy atom. The summed E-state index contributed by atoms with van der Waals surface area (Å²) in [5.74, 6) is 0. The first-order valence-corrected chi connectivity index (χ1v) is 7.04. The molecule has 0 saturated carbocycles. The van der Waals surface area contributed by atoms with Crippen LogP contribution in [0.3, 0.4) is 0 Å². The van der Waals surface area contributed by atoms with Crippen LogP contribution in [-0.2, 0) is 6.54 Å². The average molecular weight is 302 g/mol. The van der Waals surface area contributed by atoms with Gasteiger partial charge in [0.15, 0.2) is 0 Å².